The minimum Gasteiger partial charge on any atom is -0.396 e. The van der Waals surface area contributed by atoms with Crippen molar-refractivity contribution in [1.29, 1.82) is 0 Å². The van der Waals surface area contributed by atoms with Gasteiger partial charge in [-0.25, -0.2) is 0 Å². The van der Waals surface area contributed by atoms with Crippen LogP contribution in [0.15, 0.2) is 97.1 Å². The molecule has 0 spiro atoms. The molecule has 1 nitrogen and oxygen atoms in total. The summed E-state index contributed by atoms with van der Waals surface area (Å²) in [5.74, 6) is 0. The second kappa shape index (κ2) is 6.94. The lowest BCUT2D eigenvalue weighted by Gasteiger charge is -1.99. The average Bonchev–Trinajstić information content (AvgIpc) is 3.09. The summed E-state index contributed by atoms with van der Waals surface area (Å²) in [6.45, 7) is 0.189. The summed E-state index contributed by atoms with van der Waals surface area (Å²) < 4.78 is 2.82. The number of aliphatic hydroxyl groups is 1. The molecule has 1 aromatic heterocycles. The van der Waals surface area contributed by atoms with Gasteiger partial charge in [0.05, 0.1) is 0 Å². The van der Waals surface area contributed by atoms with Crippen molar-refractivity contribution in [3.8, 4) is 4.90 Å². The van der Waals surface area contributed by atoms with E-state index in [-0.39, 0.29) is 17.1 Å². The Morgan fingerprint density at radius 3 is 1.50 bits per heavy atom. The van der Waals surface area contributed by atoms with Crippen molar-refractivity contribution in [2.24, 2.45) is 0 Å². The van der Waals surface area contributed by atoms with Crippen molar-refractivity contribution in [2.75, 3.05) is 6.61 Å². The Bertz CT molecular complexity index is 1450. The zero-order valence-electron chi connectivity index (χ0n) is 16.5. The topological polar surface area (TPSA) is 20.2 Å². The zero-order chi connectivity index (χ0) is 20.1. The molecule has 0 saturated heterocycles. The van der Waals surface area contributed by atoms with Crippen molar-refractivity contribution >= 4 is 52.2 Å². The van der Waals surface area contributed by atoms with Gasteiger partial charge in [-0.05, 0) is 57.8 Å². The van der Waals surface area contributed by atoms with Gasteiger partial charge in [-0.2, -0.15) is 0 Å². The van der Waals surface area contributed by atoms with Gasteiger partial charge in [0.2, 0.25) is 0 Å². The highest BCUT2D eigenvalue weighted by molar-refractivity contribution is 7.50. The van der Waals surface area contributed by atoms with Crippen LogP contribution in [0.2, 0.25) is 0 Å². The van der Waals surface area contributed by atoms with Crippen molar-refractivity contribution < 1.29 is 5.11 Å². The second-order valence-corrected chi connectivity index (χ2v) is 9.78. The maximum Gasteiger partial charge on any atom is 0.188 e. The molecule has 6 aromatic rings. The standard InChI is InChI=1S/C28H21OS/c29-14-13-19-9-11-24(12-10-19)30-27-17-22-7-3-1-5-20(22)15-25(27)26-16-21-6-2-4-8-23(21)18-28(26)30/h1-12,15-18,29H,13-14H2/q+1. The number of rotatable bonds is 3. The molecule has 0 bridgehead atoms. The van der Waals surface area contributed by atoms with Gasteiger partial charge in [-0.1, -0.05) is 60.7 Å². The van der Waals surface area contributed by atoms with Crippen molar-refractivity contribution in [2.45, 2.75) is 6.42 Å². The molecule has 0 amide bonds. The van der Waals surface area contributed by atoms with E-state index >= 15 is 0 Å². The van der Waals surface area contributed by atoms with Crippen LogP contribution in [-0.2, 0) is 6.42 Å². The highest BCUT2D eigenvalue weighted by Crippen LogP contribution is 2.50. The number of benzene rings is 5. The Kier molecular flexibility index (Phi) is 4.08. The lowest BCUT2D eigenvalue weighted by Crippen LogP contribution is -1.89. The van der Waals surface area contributed by atoms with Crippen LogP contribution in [-0.4, -0.2) is 11.7 Å². The highest BCUT2D eigenvalue weighted by Gasteiger charge is 2.24. The van der Waals surface area contributed by atoms with Crippen LogP contribution < -0.4 is 0 Å². The predicted molar refractivity (Wildman–Crippen MR) is 131 cm³/mol. The first-order valence-electron chi connectivity index (χ1n) is 10.3. The molecule has 1 heterocycles. The van der Waals surface area contributed by atoms with Crippen molar-refractivity contribution in [1.82, 2.24) is 0 Å². The Morgan fingerprint density at radius 2 is 1.03 bits per heavy atom. The normalized spacial score (nSPS) is 11.8. The first-order valence-corrected chi connectivity index (χ1v) is 11.5. The lowest BCUT2D eigenvalue weighted by atomic mass is 10.0. The summed E-state index contributed by atoms with van der Waals surface area (Å²) in [4.78, 5) is 1.34. The lowest BCUT2D eigenvalue weighted by molar-refractivity contribution is 0.299. The van der Waals surface area contributed by atoms with E-state index in [0.29, 0.717) is 6.42 Å². The third-order valence-corrected chi connectivity index (χ3v) is 8.28. The van der Waals surface area contributed by atoms with E-state index < -0.39 is 0 Å². The molecular weight excluding hydrogens is 384 g/mol. The fourth-order valence-corrected chi connectivity index (χ4v) is 6.91. The van der Waals surface area contributed by atoms with Gasteiger partial charge in [0.25, 0.3) is 0 Å². The molecule has 0 aliphatic rings. The smallest absolute Gasteiger partial charge is 0.188 e. The molecule has 2 heteroatoms. The van der Waals surface area contributed by atoms with Crippen molar-refractivity contribution in [3.05, 3.63) is 103 Å². The first-order chi connectivity index (χ1) is 14.8. The van der Waals surface area contributed by atoms with Crippen LogP contribution in [0.3, 0.4) is 0 Å². The highest BCUT2D eigenvalue weighted by atomic mass is 32.2. The predicted octanol–water partition coefficient (Wildman–Crippen LogP) is 7.57. The van der Waals surface area contributed by atoms with E-state index in [1.807, 2.05) is 0 Å². The molecule has 144 valence electrons. The molecule has 0 aliphatic heterocycles. The van der Waals surface area contributed by atoms with Gasteiger partial charge >= 0.3 is 0 Å². The van der Waals surface area contributed by atoms with Gasteiger partial charge in [-0.3, -0.25) is 0 Å². The largest absolute Gasteiger partial charge is 0.396 e. The molecule has 0 radical (unpaired) electrons. The number of thiophene rings is 1. The van der Waals surface area contributed by atoms with Crippen molar-refractivity contribution in [3.63, 3.8) is 0 Å². The van der Waals surface area contributed by atoms with Crippen LogP contribution >= 0.6 is 10.5 Å². The molecule has 5 aromatic carbocycles. The summed E-state index contributed by atoms with van der Waals surface area (Å²) in [5, 5.41) is 17.2. The summed E-state index contributed by atoms with van der Waals surface area (Å²) >= 11 is 0. The van der Waals surface area contributed by atoms with Gasteiger partial charge < -0.3 is 5.11 Å². The summed E-state index contributed by atoms with van der Waals surface area (Å²) in [6, 6.07) is 35.6. The van der Waals surface area contributed by atoms with Crippen LogP contribution in [0, 0.1) is 0 Å². The van der Waals surface area contributed by atoms with Gasteiger partial charge in [-0.15, -0.1) is 0 Å². The minimum atomic E-state index is -0.127. The van der Waals surface area contributed by atoms with E-state index in [1.54, 1.807) is 0 Å². The molecule has 0 unspecified atom stereocenters. The van der Waals surface area contributed by atoms with Crippen LogP contribution in [0.25, 0.3) is 46.6 Å². The Balaban J connectivity index is 1.75. The molecule has 1 N–H and O–H groups in total. The maximum atomic E-state index is 9.26. The molecule has 30 heavy (non-hydrogen) atoms. The fourth-order valence-electron chi connectivity index (χ4n) is 4.49. The Labute approximate surface area is 177 Å². The van der Waals surface area contributed by atoms with Crippen LogP contribution in [0.1, 0.15) is 5.56 Å². The molecular formula is C28H21OS+. The number of hydrogen-bond acceptors (Lipinski definition) is 1. The first kappa shape index (κ1) is 17.6. The summed E-state index contributed by atoms with van der Waals surface area (Å²) in [5.41, 5.74) is 1.18. The monoisotopic (exact) mass is 405 g/mol. The molecule has 0 aliphatic carbocycles. The summed E-state index contributed by atoms with van der Waals surface area (Å²) in [7, 11) is -0.127. The van der Waals surface area contributed by atoms with E-state index in [1.165, 1.54) is 52.2 Å². The zero-order valence-corrected chi connectivity index (χ0v) is 17.3. The number of fused-ring (bicyclic) bond motifs is 5. The molecule has 0 atom stereocenters. The van der Waals surface area contributed by atoms with E-state index in [2.05, 4.69) is 97.1 Å². The van der Waals surface area contributed by atoms with Gasteiger partial charge in [0, 0.05) is 40.0 Å². The van der Waals surface area contributed by atoms with Crippen LogP contribution in [0.4, 0.5) is 0 Å². The molecule has 6 rings (SSSR count). The average molecular weight is 406 g/mol. The second-order valence-electron chi connectivity index (χ2n) is 7.81. The Morgan fingerprint density at radius 1 is 0.567 bits per heavy atom. The maximum absolute atomic E-state index is 9.26. The fraction of sp³-hybridized carbons (Fsp3) is 0.0714. The van der Waals surface area contributed by atoms with E-state index in [4.69, 9.17) is 0 Å². The van der Waals surface area contributed by atoms with Gasteiger partial charge in [0.1, 0.15) is 0 Å². The quantitative estimate of drug-likeness (QED) is 0.301. The number of aliphatic hydroxyl groups excluding tert-OH is 1. The molecule has 0 fully saturated rings. The van der Waals surface area contributed by atoms with Gasteiger partial charge in [0.15, 0.2) is 14.3 Å². The minimum absolute atomic E-state index is 0.127. The van der Waals surface area contributed by atoms with Crippen LogP contribution in [0.5, 0.6) is 0 Å². The Hall–Kier alpha value is -3.20. The molecule has 0 saturated carbocycles. The third kappa shape index (κ3) is 2.72. The van der Waals surface area contributed by atoms with E-state index in [0.717, 1.165) is 0 Å². The SMILES string of the molecule is OCCc1ccc(-[s+]2c3cc4ccccc4cc3c3cc4ccccc4cc32)cc1. The summed E-state index contributed by atoms with van der Waals surface area (Å²) in [6.07, 6.45) is 0.705. The third-order valence-electron chi connectivity index (χ3n) is 5.99. The van der Waals surface area contributed by atoms with E-state index in [9.17, 15) is 5.11 Å². The number of hydrogen-bond donors (Lipinski definition) is 1.